The highest BCUT2D eigenvalue weighted by molar-refractivity contribution is 8.01. The summed E-state index contributed by atoms with van der Waals surface area (Å²) >= 11 is 3.70. The first-order valence-electron chi connectivity index (χ1n) is 4.64. The monoisotopic (exact) mass is 250 g/mol. The number of rotatable bonds is 2. The highest BCUT2D eigenvalue weighted by atomic mass is 35.5. The molecule has 1 aliphatic heterocycles. The van der Waals surface area contributed by atoms with Gasteiger partial charge in [-0.15, -0.1) is 23.7 Å². The molecule has 2 rings (SSSR count). The lowest BCUT2D eigenvalue weighted by atomic mass is 10.2. The van der Waals surface area contributed by atoms with Gasteiger partial charge in [0, 0.05) is 22.9 Å². The smallest absolute Gasteiger partial charge is 0.150 e. The fraction of sp³-hybridized carbons (Fsp3) is 0.667. The Kier molecular flexibility index (Phi) is 5.23. The van der Waals surface area contributed by atoms with Crippen LogP contribution in [0.15, 0.2) is 9.72 Å². The quantitative estimate of drug-likeness (QED) is 0.874. The molecule has 5 heteroatoms. The average Bonchev–Trinajstić information content (AvgIpc) is 2.53. The molecule has 2 nitrogen and oxygen atoms in total. The van der Waals surface area contributed by atoms with Crippen LogP contribution in [-0.2, 0) is 0 Å². The number of nitrogens with zero attached hydrogens (tertiary/aromatic N) is 1. The lowest BCUT2D eigenvalue weighted by Crippen LogP contribution is -2.31. The number of aryl methyl sites for hydroxylation is 1. The third kappa shape index (κ3) is 3.42. The summed E-state index contributed by atoms with van der Waals surface area (Å²) in [5, 5.41) is 6.28. The molecular formula is C9H15ClN2S2. The molecule has 80 valence electrons. The number of hydrogen-bond acceptors (Lipinski definition) is 4. The molecule has 0 amide bonds. The van der Waals surface area contributed by atoms with E-state index in [4.69, 9.17) is 0 Å². The summed E-state index contributed by atoms with van der Waals surface area (Å²) in [4.78, 5) is 4.46. The van der Waals surface area contributed by atoms with Crippen LogP contribution in [0.2, 0.25) is 0 Å². The molecule has 1 fully saturated rings. The molecule has 14 heavy (non-hydrogen) atoms. The summed E-state index contributed by atoms with van der Waals surface area (Å²) in [7, 11) is 0. The Bertz CT molecular complexity index is 272. The van der Waals surface area contributed by atoms with Gasteiger partial charge in [0.15, 0.2) is 0 Å². The SMILES string of the molecule is Cc1csc(SC2CCCNC2)n1.Cl. The van der Waals surface area contributed by atoms with E-state index in [-0.39, 0.29) is 12.4 Å². The Morgan fingerprint density at radius 2 is 2.50 bits per heavy atom. The first-order chi connectivity index (χ1) is 6.34. The second-order valence-electron chi connectivity index (χ2n) is 3.34. The zero-order valence-corrected chi connectivity index (χ0v) is 10.6. The van der Waals surface area contributed by atoms with Crippen molar-refractivity contribution in [2.24, 2.45) is 0 Å². The highest BCUT2D eigenvalue weighted by Gasteiger charge is 2.15. The van der Waals surface area contributed by atoms with E-state index >= 15 is 0 Å². The predicted octanol–water partition coefficient (Wildman–Crippen LogP) is 2.72. The number of nitrogens with one attached hydrogen (secondary N) is 1. The molecular weight excluding hydrogens is 236 g/mol. The van der Waals surface area contributed by atoms with Gasteiger partial charge in [0.05, 0.1) is 0 Å². The Hall–Kier alpha value is 0.230. The predicted molar refractivity (Wildman–Crippen MR) is 65.8 cm³/mol. The average molecular weight is 251 g/mol. The molecule has 1 aromatic heterocycles. The molecule has 0 bridgehead atoms. The summed E-state index contributed by atoms with van der Waals surface area (Å²) in [5.41, 5.74) is 1.15. The first-order valence-corrected chi connectivity index (χ1v) is 6.40. The van der Waals surface area contributed by atoms with E-state index in [1.54, 1.807) is 11.3 Å². The van der Waals surface area contributed by atoms with E-state index in [0.29, 0.717) is 0 Å². The van der Waals surface area contributed by atoms with Crippen molar-refractivity contribution >= 4 is 35.5 Å². The molecule has 0 saturated carbocycles. The van der Waals surface area contributed by atoms with Crippen molar-refractivity contribution in [2.45, 2.75) is 29.4 Å². The van der Waals surface area contributed by atoms with Crippen molar-refractivity contribution < 1.29 is 0 Å². The van der Waals surface area contributed by atoms with E-state index in [2.05, 4.69) is 22.6 Å². The molecule has 1 N–H and O–H groups in total. The molecule has 1 saturated heterocycles. The van der Waals surface area contributed by atoms with Crippen LogP contribution in [0.5, 0.6) is 0 Å². The lowest BCUT2D eigenvalue weighted by molar-refractivity contribution is 0.531. The van der Waals surface area contributed by atoms with Crippen molar-refractivity contribution in [1.82, 2.24) is 10.3 Å². The molecule has 0 aromatic carbocycles. The number of halogens is 1. The number of thiazole rings is 1. The molecule has 1 unspecified atom stereocenters. The minimum Gasteiger partial charge on any atom is -0.316 e. The van der Waals surface area contributed by atoms with Crippen molar-refractivity contribution in [3.05, 3.63) is 11.1 Å². The summed E-state index contributed by atoms with van der Waals surface area (Å²) in [6.45, 7) is 4.39. The maximum atomic E-state index is 4.46. The van der Waals surface area contributed by atoms with Crippen molar-refractivity contribution in [2.75, 3.05) is 13.1 Å². The van der Waals surface area contributed by atoms with Gasteiger partial charge in [-0.05, 0) is 26.3 Å². The second-order valence-corrected chi connectivity index (χ2v) is 5.75. The van der Waals surface area contributed by atoms with Gasteiger partial charge in [-0.2, -0.15) is 0 Å². The van der Waals surface area contributed by atoms with Gasteiger partial charge in [0.2, 0.25) is 0 Å². The fourth-order valence-corrected chi connectivity index (χ4v) is 3.71. The molecule has 0 spiro atoms. The van der Waals surface area contributed by atoms with Crippen molar-refractivity contribution in [1.29, 1.82) is 0 Å². The Morgan fingerprint density at radius 1 is 1.64 bits per heavy atom. The normalized spacial score (nSPS) is 21.6. The van der Waals surface area contributed by atoms with E-state index < -0.39 is 0 Å². The Balaban J connectivity index is 0.000000980. The molecule has 1 aliphatic rings. The van der Waals surface area contributed by atoms with Crippen LogP contribution in [0, 0.1) is 6.92 Å². The Morgan fingerprint density at radius 3 is 3.07 bits per heavy atom. The van der Waals surface area contributed by atoms with Gasteiger partial charge in [0.25, 0.3) is 0 Å². The van der Waals surface area contributed by atoms with Gasteiger partial charge < -0.3 is 5.32 Å². The highest BCUT2D eigenvalue weighted by Crippen LogP contribution is 2.29. The standard InChI is InChI=1S/C9H14N2S2.ClH/c1-7-6-12-9(11-7)13-8-3-2-4-10-5-8;/h6,8,10H,2-5H2,1H3;1H. The van der Waals surface area contributed by atoms with Crippen LogP contribution >= 0.6 is 35.5 Å². The minimum atomic E-state index is 0. The Labute approximate surface area is 99.3 Å². The molecule has 1 atom stereocenters. The first kappa shape index (κ1) is 12.3. The topological polar surface area (TPSA) is 24.9 Å². The zero-order valence-electron chi connectivity index (χ0n) is 8.16. The molecule has 1 aromatic rings. The molecule has 0 aliphatic carbocycles. The van der Waals surface area contributed by atoms with Gasteiger partial charge in [-0.3, -0.25) is 0 Å². The van der Waals surface area contributed by atoms with E-state index in [1.165, 1.54) is 23.7 Å². The van der Waals surface area contributed by atoms with Gasteiger partial charge in [-0.1, -0.05) is 11.8 Å². The van der Waals surface area contributed by atoms with Gasteiger partial charge in [-0.25, -0.2) is 4.98 Å². The third-order valence-corrected chi connectivity index (χ3v) is 4.47. The second kappa shape index (κ2) is 5.95. The number of piperidine rings is 1. The number of aromatic nitrogens is 1. The maximum Gasteiger partial charge on any atom is 0.150 e. The summed E-state index contributed by atoms with van der Waals surface area (Å²) in [5.74, 6) is 0. The van der Waals surface area contributed by atoms with Crippen LogP contribution in [0.25, 0.3) is 0 Å². The largest absolute Gasteiger partial charge is 0.316 e. The van der Waals surface area contributed by atoms with Gasteiger partial charge in [0.1, 0.15) is 4.34 Å². The third-order valence-electron chi connectivity index (χ3n) is 2.12. The van der Waals surface area contributed by atoms with Gasteiger partial charge >= 0.3 is 0 Å². The zero-order chi connectivity index (χ0) is 9.10. The van der Waals surface area contributed by atoms with E-state index in [1.807, 2.05) is 11.8 Å². The molecule has 0 radical (unpaired) electrons. The van der Waals surface area contributed by atoms with Crippen LogP contribution in [0.3, 0.4) is 0 Å². The number of hydrogen-bond donors (Lipinski definition) is 1. The maximum absolute atomic E-state index is 4.46. The van der Waals surface area contributed by atoms with Crippen LogP contribution in [-0.4, -0.2) is 23.3 Å². The van der Waals surface area contributed by atoms with Crippen LogP contribution in [0.1, 0.15) is 18.5 Å². The van der Waals surface area contributed by atoms with E-state index in [9.17, 15) is 0 Å². The summed E-state index contributed by atoms with van der Waals surface area (Å²) in [6, 6.07) is 0. The fourth-order valence-electron chi connectivity index (χ4n) is 1.45. The van der Waals surface area contributed by atoms with E-state index in [0.717, 1.165) is 17.5 Å². The van der Waals surface area contributed by atoms with Crippen LogP contribution < -0.4 is 5.32 Å². The molecule has 2 heterocycles. The van der Waals surface area contributed by atoms with Crippen LogP contribution in [0.4, 0.5) is 0 Å². The minimum absolute atomic E-state index is 0. The lowest BCUT2D eigenvalue weighted by Gasteiger charge is -2.20. The summed E-state index contributed by atoms with van der Waals surface area (Å²) in [6.07, 6.45) is 2.64. The number of thioether (sulfide) groups is 1. The van der Waals surface area contributed by atoms with Crippen molar-refractivity contribution in [3.8, 4) is 0 Å². The summed E-state index contributed by atoms with van der Waals surface area (Å²) < 4.78 is 1.23. The van der Waals surface area contributed by atoms with Crippen molar-refractivity contribution in [3.63, 3.8) is 0 Å².